The van der Waals surface area contributed by atoms with E-state index in [4.69, 9.17) is 0 Å². The maximum absolute atomic E-state index is 12.8. The third-order valence-corrected chi connectivity index (χ3v) is 3.99. The Morgan fingerprint density at radius 2 is 1.91 bits per heavy atom. The summed E-state index contributed by atoms with van der Waals surface area (Å²) < 4.78 is 12.8. The third kappa shape index (κ3) is 4.46. The van der Waals surface area contributed by atoms with Crippen LogP contribution in [-0.2, 0) is 4.79 Å². The summed E-state index contributed by atoms with van der Waals surface area (Å²) >= 11 is 1.13. The standard InChI is InChI=1S/C16H16FN3O2S/c1-10-14(15(22)20(2)3)23-16(18-10)19-13(21)9-6-11-4-7-12(17)8-5-11/h4-9H,1-3H3,(H,18,19,21)/b9-6+. The predicted octanol–water partition coefficient (Wildman–Crippen LogP) is 2.94. The molecule has 0 saturated heterocycles. The molecule has 0 unspecified atom stereocenters. The average molecular weight is 333 g/mol. The van der Waals surface area contributed by atoms with Gasteiger partial charge in [-0.05, 0) is 30.7 Å². The number of aromatic nitrogens is 1. The number of carbonyl (C=O) groups is 2. The number of nitrogens with zero attached hydrogens (tertiary/aromatic N) is 2. The van der Waals surface area contributed by atoms with Gasteiger partial charge in [-0.3, -0.25) is 14.9 Å². The minimum Gasteiger partial charge on any atom is -0.344 e. The highest BCUT2D eigenvalue weighted by molar-refractivity contribution is 7.17. The van der Waals surface area contributed by atoms with Gasteiger partial charge in [0, 0.05) is 20.2 Å². The lowest BCUT2D eigenvalue weighted by Crippen LogP contribution is -2.21. The first-order valence-electron chi connectivity index (χ1n) is 6.80. The molecule has 2 aromatic rings. The molecule has 2 rings (SSSR count). The van der Waals surface area contributed by atoms with Crippen molar-refractivity contribution in [1.82, 2.24) is 9.88 Å². The number of thiazole rings is 1. The smallest absolute Gasteiger partial charge is 0.265 e. The molecule has 0 aliphatic rings. The van der Waals surface area contributed by atoms with Crippen LogP contribution in [0.5, 0.6) is 0 Å². The summed E-state index contributed by atoms with van der Waals surface area (Å²) in [7, 11) is 3.32. The van der Waals surface area contributed by atoms with Gasteiger partial charge in [0.15, 0.2) is 5.13 Å². The van der Waals surface area contributed by atoms with Crippen molar-refractivity contribution >= 4 is 34.4 Å². The maximum atomic E-state index is 12.8. The molecule has 0 aliphatic heterocycles. The first-order valence-corrected chi connectivity index (χ1v) is 7.62. The lowest BCUT2D eigenvalue weighted by atomic mass is 10.2. The third-order valence-electron chi connectivity index (χ3n) is 2.92. The van der Waals surface area contributed by atoms with Crippen LogP contribution in [0.4, 0.5) is 9.52 Å². The van der Waals surface area contributed by atoms with Gasteiger partial charge in [-0.25, -0.2) is 9.37 Å². The summed E-state index contributed by atoms with van der Waals surface area (Å²) in [6.07, 6.45) is 2.90. The summed E-state index contributed by atoms with van der Waals surface area (Å²) in [6.45, 7) is 1.72. The zero-order chi connectivity index (χ0) is 17.0. The Morgan fingerprint density at radius 3 is 2.52 bits per heavy atom. The van der Waals surface area contributed by atoms with E-state index in [0.717, 1.165) is 11.3 Å². The topological polar surface area (TPSA) is 62.3 Å². The number of anilines is 1. The average Bonchev–Trinajstić information content (AvgIpc) is 2.86. The molecular formula is C16H16FN3O2S. The highest BCUT2D eigenvalue weighted by Crippen LogP contribution is 2.23. The first kappa shape index (κ1) is 16.8. The van der Waals surface area contributed by atoms with Gasteiger partial charge in [-0.15, -0.1) is 0 Å². The van der Waals surface area contributed by atoms with Crippen molar-refractivity contribution in [2.75, 3.05) is 19.4 Å². The van der Waals surface area contributed by atoms with Crippen molar-refractivity contribution in [2.24, 2.45) is 0 Å². The lowest BCUT2D eigenvalue weighted by Gasteiger charge is -2.07. The van der Waals surface area contributed by atoms with E-state index in [9.17, 15) is 14.0 Å². The van der Waals surface area contributed by atoms with Crippen molar-refractivity contribution < 1.29 is 14.0 Å². The van der Waals surface area contributed by atoms with E-state index in [1.165, 1.54) is 23.1 Å². The Morgan fingerprint density at radius 1 is 1.26 bits per heavy atom. The fourth-order valence-electron chi connectivity index (χ4n) is 1.74. The van der Waals surface area contributed by atoms with Crippen molar-refractivity contribution in [3.63, 3.8) is 0 Å². The molecule has 120 valence electrons. The molecule has 1 heterocycles. The molecule has 0 saturated carbocycles. The van der Waals surface area contributed by atoms with Gasteiger partial charge in [-0.1, -0.05) is 23.5 Å². The Hall–Kier alpha value is -2.54. The van der Waals surface area contributed by atoms with Crippen molar-refractivity contribution in [2.45, 2.75) is 6.92 Å². The van der Waals surface area contributed by atoms with Crippen molar-refractivity contribution in [3.05, 3.63) is 52.3 Å². The molecule has 0 spiro atoms. The maximum Gasteiger partial charge on any atom is 0.265 e. The van der Waals surface area contributed by atoms with E-state index in [0.29, 0.717) is 21.3 Å². The number of hydrogen-bond acceptors (Lipinski definition) is 4. The largest absolute Gasteiger partial charge is 0.344 e. The van der Waals surface area contributed by atoms with Crippen LogP contribution < -0.4 is 5.32 Å². The van der Waals surface area contributed by atoms with Gasteiger partial charge in [0.2, 0.25) is 5.91 Å². The monoisotopic (exact) mass is 333 g/mol. The van der Waals surface area contributed by atoms with Crippen LogP contribution >= 0.6 is 11.3 Å². The quantitative estimate of drug-likeness (QED) is 0.875. The highest BCUT2D eigenvalue weighted by atomic mass is 32.1. The van der Waals surface area contributed by atoms with Crippen LogP contribution in [0.1, 0.15) is 20.9 Å². The number of benzene rings is 1. The summed E-state index contributed by atoms with van der Waals surface area (Å²) in [5.41, 5.74) is 1.28. The summed E-state index contributed by atoms with van der Waals surface area (Å²) in [5, 5.41) is 2.98. The van der Waals surface area contributed by atoms with E-state index < -0.39 is 0 Å². The van der Waals surface area contributed by atoms with Gasteiger partial charge < -0.3 is 4.90 Å². The highest BCUT2D eigenvalue weighted by Gasteiger charge is 2.17. The first-order chi connectivity index (χ1) is 10.9. The van der Waals surface area contributed by atoms with Crippen LogP contribution in [0.3, 0.4) is 0 Å². The number of rotatable bonds is 4. The zero-order valence-electron chi connectivity index (χ0n) is 13.0. The molecule has 23 heavy (non-hydrogen) atoms. The van der Waals surface area contributed by atoms with Crippen LogP contribution in [0.2, 0.25) is 0 Å². The molecule has 0 bridgehead atoms. The van der Waals surface area contributed by atoms with E-state index in [1.54, 1.807) is 39.2 Å². The van der Waals surface area contributed by atoms with Crippen molar-refractivity contribution in [1.29, 1.82) is 0 Å². The van der Waals surface area contributed by atoms with Crippen LogP contribution in [0.25, 0.3) is 6.08 Å². The normalized spacial score (nSPS) is 10.8. The molecule has 5 nitrogen and oxygen atoms in total. The second-order valence-corrected chi connectivity index (χ2v) is 6.01. The Bertz CT molecular complexity index is 751. The number of halogens is 1. The van der Waals surface area contributed by atoms with Gasteiger partial charge >= 0.3 is 0 Å². The van der Waals surface area contributed by atoms with E-state index in [-0.39, 0.29) is 17.6 Å². The SMILES string of the molecule is Cc1nc(NC(=O)/C=C/c2ccc(F)cc2)sc1C(=O)N(C)C. The Kier molecular flexibility index (Phi) is 5.23. The molecule has 1 aromatic heterocycles. The Labute approximate surface area is 137 Å². The minimum atomic E-state index is -0.369. The molecule has 1 aromatic carbocycles. The van der Waals surface area contributed by atoms with Gasteiger partial charge in [0.25, 0.3) is 5.91 Å². The number of nitrogens with one attached hydrogen (secondary N) is 1. The molecule has 0 aliphatic carbocycles. The second-order valence-electron chi connectivity index (χ2n) is 5.01. The molecule has 0 radical (unpaired) electrons. The summed E-state index contributed by atoms with van der Waals surface area (Å²) in [4.78, 5) is 29.9. The molecule has 0 atom stereocenters. The predicted molar refractivity (Wildman–Crippen MR) is 88.9 cm³/mol. The number of aryl methyl sites for hydroxylation is 1. The number of carbonyl (C=O) groups excluding carboxylic acids is 2. The molecule has 2 amide bonds. The van der Waals surface area contributed by atoms with E-state index in [1.807, 2.05) is 0 Å². The lowest BCUT2D eigenvalue weighted by molar-refractivity contribution is -0.111. The summed E-state index contributed by atoms with van der Waals surface area (Å²) in [5.74, 6) is -0.850. The van der Waals surface area contributed by atoms with Crippen molar-refractivity contribution in [3.8, 4) is 0 Å². The van der Waals surface area contributed by atoms with Gasteiger partial charge in [-0.2, -0.15) is 0 Å². The van der Waals surface area contributed by atoms with E-state index >= 15 is 0 Å². The second kappa shape index (κ2) is 7.15. The van der Waals surface area contributed by atoms with Gasteiger partial charge in [0.05, 0.1) is 5.69 Å². The van der Waals surface area contributed by atoms with E-state index in [2.05, 4.69) is 10.3 Å². The Balaban J connectivity index is 2.04. The van der Waals surface area contributed by atoms with Gasteiger partial charge in [0.1, 0.15) is 10.7 Å². The molecule has 1 N–H and O–H groups in total. The van der Waals surface area contributed by atoms with Crippen LogP contribution in [-0.4, -0.2) is 35.8 Å². The molecular weight excluding hydrogens is 317 g/mol. The van der Waals surface area contributed by atoms with Crippen LogP contribution in [0, 0.1) is 12.7 Å². The summed E-state index contributed by atoms with van der Waals surface area (Å²) in [6, 6.07) is 5.78. The molecule has 0 fully saturated rings. The minimum absolute atomic E-state index is 0.151. The van der Waals surface area contributed by atoms with Crippen LogP contribution in [0.15, 0.2) is 30.3 Å². The number of amides is 2. The fourth-order valence-corrected chi connectivity index (χ4v) is 2.74. The zero-order valence-corrected chi connectivity index (χ0v) is 13.8. The number of hydrogen-bond donors (Lipinski definition) is 1. The molecule has 7 heteroatoms. The fraction of sp³-hybridized carbons (Fsp3) is 0.188.